The maximum atomic E-state index is 13.8. The van der Waals surface area contributed by atoms with Gasteiger partial charge in [-0.05, 0) is 35.9 Å². The standard InChI is InChI=1S/C13H10Cl2F2N2/c14-10-3-1-7(5-11(10)15)13(19-18)9-6-8(16)2-4-12(9)17/h1-6,13,19H,18H2. The minimum absolute atomic E-state index is 0.0980. The number of hydrogen-bond acceptors (Lipinski definition) is 2. The molecule has 19 heavy (non-hydrogen) atoms. The first kappa shape index (κ1) is 14.2. The Morgan fingerprint density at radius 1 is 1.00 bits per heavy atom. The van der Waals surface area contributed by atoms with Gasteiger partial charge in [-0.25, -0.2) is 14.2 Å². The van der Waals surface area contributed by atoms with E-state index in [0.29, 0.717) is 15.6 Å². The van der Waals surface area contributed by atoms with Gasteiger partial charge in [-0.15, -0.1) is 0 Å². The fourth-order valence-corrected chi connectivity index (χ4v) is 2.10. The van der Waals surface area contributed by atoms with Gasteiger partial charge in [-0.2, -0.15) is 0 Å². The van der Waals surface area contributed by atoms with Crippen molar-refractivity contribution < 1.29 is 8.78 Å². The molecular weight excluding hydrogens is 293 g/mol. The van der Waals surface area contributed by atoms with Crippen LogP contribution in [0.3, 0.4) is 0 Å². The highest BCUT2D eigenvalue weighted by Crippen LogP contribution is 2.29. The van der Waals surface area contributed by atoms with Crippen LogP contribution in [0.2, 0.25) is 10.0 Å². The molecule has 6 heteroatoms. The van der Waals surface area contributed by atoms with E-state index in [1.165, 1.54) is 0 Å². The summed E-state index contributed by atoms with van der Waals surface area (Å²) in [6.07, 6.45) is 0. The topological polar surface area (TPSA) is 38.0 Å². The lowest BCUT2D eigenvalue weighted by Crippen LogP contribution is -2.29. The van der Waals surface area contributed by atoms with Crippen LogP contribution in [0.4, 0.5) is 8.78 Å². The fraction of sp³-hybridized carbons (Fsp3) is 0.0769. The molecule has 0 fully saturated rings. The molecule has 0 aliphatic rings. The van der Waals surface area contributed by atoms with Crippen molar-refractivity contribution in [1.29, 1.82) is 0 Å². The van der Waals surface area contributed by atoms with Gasteiger partial charge in [0.25, 0.3) is 0 Å². The van der Waals surface area contributed by atoms with Crippen LogP contribution in [0.15, 0.2) is 36.4 Å². The highest BCUT2D eigenvalue weighted by atomic mass is 35.5. The van der Waals surface area contributed by atoms with Crippen molar-refractivity contribution in [3.05, 3.63) is 69.2 Å². The van der Waals surface area contributed by atoms with E-state index in [1.807, 2.05) is 0 Å². The Morgan fingerprint density at radius 3 is 2.37 bits per heavy atom. The number of nitrogens with one attached hydrogen (secondary N) is 1. The summed E-state index contributed by atoms with van der Waals surface area (Å²) in [4.78, 5) is 0. The van der Waals surface area contributed by atoms with E-state index in [0.717, 1.165) is 18.2 Å². The normalized spacial score (nSPS) is 12.5. The molecule has 0 bridgehead atoms. The Bertz CT molecular complexity index is 605. The zero-order chi connectivity index (χ0) is 14.0. The van der Waals surface area contributed by atoms with Gasteiger partial charge in [0.15, 0.2) is 0 Å². The number of nitrogens with two attached hydrogens (primary N) is 1. The van der Waals surface area contributed by atoms with Gasteiger partial charge in [0.1, 0.15) is 11.6 Å². The van der Waals surface area contributed by atoms with Crippen LogP contribution in [0.25, 0.3) is 0 Å². The van der Waals surface area contributed by atoms with E-state index in [4.69, 9.17) is 29.0 Å². The van der Waals surface area contributed by atoms with Crippen molar-refractivity contribution in [3.63, 3.8) is 0 Å². The van der Waals surface area contributed by atoms with Gasteiger partial charge in [-0.1, -0.05) is 29.3 Å². The highest BCUT2D eigenvalue weighted by Gasteiger charge is 2.18. The lowest BCUT2D eigenvalue weighted by atomic mass is 9.99. The fourth-order valence-electron chi connectivity index (χ4n) is 1.79. The van der Waals surface area contributed by atoms with E-state index in [2.05, 4.69) is 5.43 Å². The average molecular weight is 303 g/mol. The van der Waals surface area contributed by atoms with Crippen molar-refractivity contribution in [2.75, 3.05) is 0 Å². The van der Waals surface area contributed by atoms with Gasteiger partial charge in [-0.3, -0.25) is 5.84 Å². The smallest absolute Gasteiger partial charge is 0.128 e. The first-order valence-electron chi connectivity index (χ1n) is 5.39. The highest BCUT2D eigenvalue weighted by molar-refractivity contribution is 6.42. The lowest BCUT2D eigenvalue weighted by molar-refractivity contribution is 0.545. The van der Waals surface area contributed by atoms with Gasteiger partial charge < -0.3 is 0 Å². The maximum Gasteiger partial charge on any atom is 0.128 e. The van der Waals surface area contributed by atoms with Crippen LogP contribution < -0.4 is 11.3 Å². The zero-order valence-electron chi connectivity index (χ0n) is 9.63. The lowest BCUT2D eigenvalue weighted by Gasteiger charge is -2.18. The van der Waals surface area contributed by atoms with E-state index >= 15 is 0 Å². The van der Waals surface area contributed by atoms with Crippen molar-refractivity contribution >= 4 is 23.2 Å². The first-order chi connectivity index (χ1) is 9.02. The number of hydrazine groups is 1. The number of hydrogen-bond donors (Lipinski definition) is 2. The minimum Gasteiger partial charge on any atom is -0.271 e. The summed E-state index contributed by atoms with van der Waals surface area (Å²) < 4.78 is 27.0. The molecule has 0 radical (unpaired) electrons. The van der Waals surface area contributed by atoms with Gasteiger partial charge in [0, 0.05) is 5.56 Å². The zero-order valence-corrected chi connectivity index (χ0v) is 11.1. The molecule has 0 aliphatic heterocycles. The van der Waals surface area contributed by atoms with Crippen molar-refractivity contribution in [3.8, 4) is 0 Å². The SMILES string of the molecule is NNC(c1ccc(Cl)c(Cl)c1)c1cc(F)ccc1F. The molecule has 0 amide bonds. The van der Waals surface area contributed by atoms with Crippen LogP contribution in [0.1, 0.15) is 17.2 Å². The molecule has 2 nitrogen and oxygen atoms in total. The van der Waals surface area contributed by atoms with E-state index < -0.39 is 17.7 Å². The Balaban J connectivity index is 2.49. The quantitative estimate of drug-likeness (QED) is 0.668. The van der Waals surface area contributed by atoms with Crippen molar-refractivity contribution in [1.82, 2.24) is 5.43 Å². The van der Waals surface area contributed by atoms with Crippen LogP contribution in [0, 0.1) is 11.6 Å². The van der Waals surface area contributed by atoms with Gasteiger partial charge in [0.05, 0.1) is 16.1 Å². The summed E-state index contributed by atoms with van der Waals surface area (Å²) in [6.45, 7) is 0. The Morgan fingerprint density at radius 2 is 1.74 bits per heavy atom. The number of rotatable bonds is 3. The third-order valence-electron chi connectivity index (χ3n) is 2.71. The van der Waals surface area contributed by atoms with Gasteiger partial charge >= 0.3 is 0 Å². The summed E-state index contributed by atoms with van der Waals surface area (Å²) in [6, 6.07) is 7.23. The summed E-state index contributed by atoms with van der Waals surface area (Å²) in [5, 5.41) is 0.692. The monoisotopic (exact) mass is 302 g/mol. The Kier molecular flexibility index (Phi) is 4.37. The minimum atomic E-state index is -0.717. The molecule has 3 N–H and O–H groups in total. The molecule has 1 atom stereocenters. The molecule has 1 unspecified atom stereocenters. The second-order valence-corrected chi connectivity index (χ2v) is 4.75. The molecule has 2 rings (SSSR count). The van der Waals surface area contributed by atoms with Crippen LogP contribution >= 0.6 is 23.2 Å². The molecule has 2 aromatic carbocycles. The third-order valence-corrected chi connectivity index (χ3v) is 3.45. The van der Waals surface area contributed by atoms with E-state index in [9.17, 15) is 8.78 Å². The van der Waals surface area contributed by atoms with E-state index in [1.54, 1.807) is 18.2 Å². The molecule has 0 aromatic heterocycles. The predicted octanol–water partition coefficient (Wildman–Crippen LogP) is 3.82. The first-order valence-corrected chi connectivity index (χ1v) is 6.14. The summed E-state index contributed by atoms with van der Waals surface area (Å²) in [5.41, 5.74) is 3.12. The molecule has 0 spiro atoms. The molecule has 0 aliphatic carbocycles. The largest absolute Gasteiger partial charge is 0.271 e. The van der Waals surface area contributed by atoms with Crippen LogP contribution in [-0.4, -0.2) is 0 Å². The molecule has 100 valence electrons. The van der Waals surface area contributed by atoms with Crippen molar-refractivity contribution in [2.24, 2.45) is 5.84 Å². The number of benzene rings is 2. The maximum absolute atomic E-state index is 13.8. The Hall–Kier alpha value is -1.20. The molecule has 0 saturated heterocycles. The van der Waals surface area contributed by atoms with Crippen LogP contribution in [-0.2, 0) is 0 Å². The second kappa shape index (κ2) is 5.84. The molecule has 0 saturated carbocycles. The third kappa shape index (κ3) is 3.04. The molecule has 0 heterocycles. The molecular formula is C13H10Cl2F2N2. The van der Waals surface area contributed by atoms with E-state index in [-0.39, 0.29) is 5.56 Å². The van der Waals surface area contributed by atoms with Crippen molar-refractivity contribution in [2.45, 2.75) is 6.04 Å². The second-order valence-electron chi connectivity index (χ2n) is 3.94. The summed E-state index contributed by atoms with van der Waals surface area (Å²) in [5.74, 6) is 4.32. The van der Waals surface area contributed by atoms with Crippen LogP contribution in [0.5, 0.6) is 0 Å². The van der Waals surface area contributed by atoms with Gasteiger partial charge in [0.2, 0.25) is 0 Å². The predicted molar refractivity (Wildman–Crippen MR) is 72.0 cm³/mol. The summed E-state index contributed by atoms with van der Waals surface area (Å²) >= 11 is 11.7. The summed E-state index contributed by atoms with van der Waals surface area (Å²) in [7, 11) is 0. The number of halogens is 4. The average Bonchev–Trinajstić information content (AvgIpc) is 2.38. The molecule has 2 aromatic rings. The Labute approximate surface area is 119 Å².